The van der Waals surface area contributed by atoms with Gasteiger partial charge in [-0.15, -0.1) is 0 Å². The number of piperidine rings is 2. The summed E-state index contributed by atoms with van der Waals surface area (Å²) in [5, 5.41) is 21.5. The van der Waals surface area contributed by atoms with Crippen molar-refractivity contribution in [3.8, 4) is 6.07 Å². The number of hydrogen-bond acceptors (Lipinski definition) is 10. The summed E-state index contributed by atoms with van der Waals surface area (Å²) in [4.78, 5) is 20.9. The Labute approximate surface area is 231 Å². The number of rotatable bonds is 6. The van der Waals surface area contributed by atoms with Crippen LogP contribution in [0, 0.1) is 34.5 Å². The average Bonchev–Trinajstić information content (AvgIpc) is 3.66. The zero-order chi connectivity index (χ0) is 27.1. The van der Waals surface area contributed by atoms with Crippen LogP contribution in [-0.4, -0.2) is 135 Å². The van der Waals surface area contributed by atoms with Crippen LogP contribution in [-0.2, 0) is 4.79 Å². The van der Waals surface area contributed by atoms with Crippen LogP contribution in [0.25, 0.3) is 0 Å². The Morgan fingerprint density at radius 3 is 2.56 bits per heavy atom. The lowest BCUT2D eigenvalue weighted by molar-refractivity contribution is -0.128. The van der Waals surface area contributed by atoms with E-state index in [1.165, 1.54) is 0 Å². The molecular formula is C27H47FN10O. The predicted molar refractivity (Wildman–Crippen MR) is 146 cm³/mol. The number of amides is 1. The van der Waals surface area contributed by atoms with Gasteiger partial charge in [-0.25, -0.2) is 14.8 Å². The summed E-state index contributed by atoms with van der Waals surface area (Å²) in [5.74, 6) is 0.255. The third-order valence-corrected chi connectivity index (χ3v) is 10.5. The van der Waals surface area contributed by atoms with E-state index >= 15 is 4.39 Å². The second-order valence-electron chi connectivity index (χ2n) is 13.0. The Bertz CT molecular complexity index is 913. The van der Waals surface area contributed by atoms with Crippen molar-refractivity contribution in [2.24, 2.45) is 28.9 Å². The van der Waals surface area contributed by atoms with E-state index in [4.69, 9.17) is 5.73 Å². The topological polar surface area (TPSA) is 128 Å². The summed E-state index contributed by atoms with van der Waals surface area (Å²) < 4.78 is 15.4. The number of piperazine rings is 1. The molecule has 1 aliphatic carbocycles. The summed E-state index contributed by atoms with van der Waals surface area (Å²) in [5.41, 5.74) is 9.46. The number of alkyl halides is 1. The largest absolute Gasteiger partial charge is 0.350 e. The number of nitrogens with zero attached hydrogens (tertiary/aromatic N) is 5. The molecule has 5 aliphatic heterocycles. The lowest BCUT2D eigenvalue weighted by Crippen LogP contribution is -2.67. The molecule has 0 spiro atoms. The molecule has 1 saturated carbocycles. The van der Waals surface area contributed by atoms with Gasteiger partial charge in [0.25, 0.3) is 0 Å². The molecule has 1 amide bonds. The molecule has 6 aliphatic rings. The molecule has 0 bridgehead atoms. The van der Waals surface area contributed by atoms with Gasteiger partial charge in [-0.05, 0) is 51.7 Å². The Kier molecular flexibility index (Phi) is 8.14. The van der Waals surface area contributed by atoms with E-state index in [2.05, 4.69) is 49.2 Å². The molecule has 0 radical (unpaired) electrons. The first-order valence-electron chi connectivity index (χ1n) is 15.1. The molecule has 0 aromatic rings. The van der Waals surface area contributed by atoms with Crippen LogP contribution in [0.3, 0.4) is 0 Å². The van der Waals surface area contributed by atoms with E-state index in [-0.39, 0.29) is 35.5 Å². The van der Waals surface area contributed by atoms with Crippen LogP contribution in [0.1, 0.15) is 25.7 Å². The molecule has 218 valence electrons. The molecular weight excluding hydrogens is 499 g/mol. The first-order chi connectivity index (χ1) is 18.9. The van der Waals surface area contributed by atoms with Crippen molar-refractivity contribution in [2.75, 3.05) is 79.0 Å². The van der Waals surface area contributed by atoms with E-state index in [0.29, 0.717) is 32.1 Å². The standard InChI is InChI=1S/C27H47FN10O/c1-35-8-10-36(11-9-35)15-18-2-6-37(7-3-18)23-20(28)13-31-14-21(23)33-26(39)22-24(30)34-38-16-19(12-32-25(22)38)27(17-29)4-5-27/h18-25,31-32,34H,2-16,30H2,1H3,(H,33,39). The monoisotopic (exact) mass is 546 g/mol. The Balaban J connectivity index is 1.04. The first-order valence-corrected chi connectivity index (χ1v) is 15.1. The number of fused-ring (bicyclic) bond motifs is 1. The van der Waals surface area contributed by atoms with Crippen molar-refractivity contribution in [1.82, 2.24) is 41.1 Å². The highest BCUT2D eigenvalue weighted by atomic mass is 19.1. The number of carbonyl (C=O) groups excluding carboxylic acids is 1. The highest BCUT2D eigenvalue weighted by Gasteiger charge is 2.55. The Hall–Kier alpha value is -1.43. The second kappa shape index (κ2) is 11.4. The number of likely N-dealkylation sites (tertiary alicyclic amines) is 1. The fourth-order valence-corrected chi connectivity index (χ4v) is 7.73. The van der Waals surface area contributed by atoms with Gasteiger partial charge in [-0.3, -0.25) is 15.0 Å². The van der Waals surface area contributed by atoms with Crippen molar-refractivity contribution in [2.45, 2.75) is 56.3 Å². The van der Waals surface area contributed by atoms with E-state index in [1.54, 1.807) is 0 Å². The lowest BCUT2D eigenvalue weighted by Gasteiger charge is -2.46. The van der Waals surface area contributed by atoms with Crippen LogP contribution in [0.4, 0.5) is 4.39 Å². The molecule has 12 heteroatoms. The van der Waals surface area contributed by atoms with Crippen molar-refractivity contribution >= 4 is 5.91 Å². The van der Waals surface area contributed by atoms with Gasteiger partial charge < -0.3 is 26.2 Å². The average molecular weight is 547 g/mol. The number of nitrogens with one attached hydrogen (secondary N) is 4. The predicted octanol–water partition coefficient (Wildman–Crippen LogP) is -1.69. The van der Waals surface area contributed by atoms with Gasteiger partial charge in [0.2, 0.25) is 5.91 Å². The quantitative estimate of drug-likeness (QED) is 0.263. The van der Waals surface area contributed by atoms with E-state index in [0.717, 1.165) is 71.5 Å². The second-order valence-corrected chi connectivity index (χ2v) is 13.0. The number of hydrazine groups is 1. The van der Waals surface area contributed by atoms with Crippen LogP contribution in [0.2, 0.25) is 0 Å². The Morgan fingerprint density at radius 1 is 1.13 bits per heavy atom. The molecule has 5 heterocycles. The van der Waals surface area contributed by atoms with Gasteiger partial charge in [-0.1, -0.05) is 0 Å². The zero-order valence-electron chi connectivity index (χ0n) is 23.3. The highest BCUT2D eigenvalue weighted by Crippen LogP contribution is 2.52. The molecule has 0 aromatic heterocycles. The summed E-state index contributed by atoms with van der Waals surface area (Å²) in [6, 6.07) is 1.88. The molecule has 7 atom stereocenters. The molecule has 39 heavy (non-hydrogen) atoms. The normalized spacial score (nSPS) is 40.6. The maximum Gasteiger partial charge on any atom is 0.229 e. The van der Waals surface area contributed by atoms with Crippen LogP contribution < -0.4 is 27.1 Å². The van der Waals surface area contributed by atoms with Crippen molar-refractivity contribution in [1.29, 1.82) is 5.26 Å². The molecule has 0 aromatic carbocycles. The van der Waals surface area contributed by atoms with Crippen LogP contribution in [0.15, 0.2) is 0 Å². The SMILES string of the molecule is CN1CCN(CC2CCN(C3C(F)CNCC3NC(=O)C3C(N)NN4CC(C5(C#N)CC5)CNC34)CC2)CC1. The fraction of sp³-hybridized carbons (Fsp3) is 0.926. The fourth-order valence-electron chi connectivity index (χ4n) is 7.73. The molecule has 11 nitrogen and oxygen atoms in total. The molecule has 6 rings (SSSR count). The molecule has 6 fully saturated rings. The van der Waals surface area contributed by atoms with E-state index in [9.17, 15) is 10.1 Å². The van der Waals surface area contributed by atoms with E-state index in [1.807, 2.05) is 5.01 Å². The summed E-state index contributed by atoms with van der Waals surface area (Å²) in [6.45, 7) is 9.71. The van der Waals surface area contributed by atoms with Crippen molar-refractivity contribution < 1.29 is 9.18 Å². The number of halogens is 1. The summed E-state index contributed by atoms with van der Waals surface area (Å²) in [7, 11) is 2.19. The van der Waals surface area contributed by atoms with Crippen molar-refractivity contribution in [3.05, 3.63) is 0 Å². The van der Waals surface area contributed by atoms with E-state index < -0.39 is 18.3 Å². The van der Waals surface area contributed by atoms with Gasteiger partial charge in [0.15, 0.2) is 0 Å². The third kappa shape index (κ3) is 5.70. The number of nitriles is 1. The van der Waals surface area contributed by atoms with Crippen molar-refractivity contribution in [3.63, 3.8) is 0 Å². The summed E-state index contributed by atoms with van der Waals surface area (Å²) in [6.07, 6.45) is 2.25. The maximum absolute atomic E-state index is 15.4. The van der Waals surface area contributed by atoms with Gasteiger partial charge in [-0.2, -0.15) is 5.26 Å². The number of likely N-dealkylation sites (N-methyl/N-ethyl adjacent to an activating group) is 1. The van der Waals surface area contributed by atoms with Gasteiger partial charge in [0.05, 0.1) is 41.8 Å². The molecule has 5 saturated heterocycles. The molecule has 6 N–H and O–H groups in total. The molecule has 7 unspecified atom stereocenters. The Morgan fingerprint density at radius 2 is 1.87 bits per heavy atom. The third-order valence-electron chi connectivity index (χ3n) is 10.5. The first kappa shape index (κ1) is 27.7. The van der Waals surface area contributed by atoms with Gasteiger partial charge in [0, 0.05) is 64.8 Å². The highest BCUT2D eigenvalue weighted by molar-refractivity contribution is 5.81. The van der Waals surface area contributed by atoms with Crippen LogP contribution in [0.5, 0.6) is 0 Å². The smallest absolute Gasteiger partial charge is 0.229 e. The van der Waals surface area contributed by atoms with Crippen LogP contribution >= 0.6 is 0 Å². The minimum Gasteiger partial charge on any atom is -0.350 e. The minimum atomic E-state index is -1.03. The number of nitrogens with two attached hydrogens (primary N) is 1. The number of carbonyl (C=O) groups is 1. The summed E-state index contributed by atoms with van der Waals surface area (Å²) >= 11 is 0. The van der Waals surface area contributed by atoms with Gasteiger partial charge in [0.1, 0.15) is 6.17 Å². The minimum absolute atomic E-state index is 0.134. The number of hydrogen-bond donors (Lipinski definition) is 5. The zero-order valence-corrected chi connectivity index (χ0v) is 23.3. The van der Waals surface area contributed by atoms with Gasteiger partial charge >= 0.3 is 0 Å². The maximum atomic E-state index is 15.4. The lowest BCUT2D eigenvalue weighted by atomic mass is 9.87.